The van der Waals surface area contributed by atoms with E-state index in [0.717, 1.165) is 22.2 Å². The molecule has 0 fully saturated rings. The summed E-state index contributed by atoms with van der Waals surface area (Å²) in [4.78, 5) is 21.0. The SMILES string of the molecule is O=C(OCc1nc2ccccc2o1)c1ccc(-n2cnc3ccccc32)cc1. The summed E-state index contributed by atoms with van der Waals surface area (Å²) in [6.45, 7) is -0.0125. The normalized spacial score (nSPS) is 11.1. The van der Waals surface area contributed by atoms with Crippen LogP contribution in [0.1, 0.15) is 16.2 Å². The van der Waals surface area contributed by atoms with Crippen LogP contribution in [0.25, 0.3) is 27.8 Å². The van der Waals surface area contributed by atoms with E-state index in [0.29, 0.717) is 17.0 Å². The average Bonchev–Trinajstić information content (AvgIpc) is 3.36. The van der Waals surface area contributed by atoms with E-state index in [1.165, 1.54) is 0 Å². The number of hydrogen-bond donors (Lipinski definition) is 0. The van der Waals surface area contributed by atoms with Crippen LogP contribution in [0.2, 0.25) is 0 Å². The molecule has 0 atom stereocenters. The van der Waals surface area contributed by atoms with Crippen molar-refractivity contribution in [3.63, 3.8) is 0 Å². The van der Waals surface area contributed by atoms with Gasteiger partial charge in [0, 0.05) is 5.69 Å². The average molecular weight is 369 g/mol. The van der Waals surface area contributed by atoms with Crippen LogP contribution in [-0.4, -0.2) is 20.5 Å². The summed E-state index contributed by atoms with van der Waals surface area (Å²) < 4.78 is 12.9. The van der Waals surface area contributed by atoms with Crippen LogP contribution in [0.5, 0.6) is 0 Å². The van der Waals surface area contributed by atoms with Crippen LogP contribution >= 0.6 is 0 Å². The minimum absolute atomic E-state index is 0.0125. The third-order valence-corrected chi connectivity index (χ3v) is 4.50. The number of hydrogen-bond acceptors (Lipinski definition) is 5. The zero-order valence-corrected chi connectivity index (χ0v) is 14.8. The van der Waals surface area contributed by atoms with E-state index in [4.69, 9.17) is 9.15 Å². The molecule has 0 saturated heterocycles. The van der Waals surface area contributed by atoms with E-state index in [2.05, 4.69) is 9.97 Å². The number of oxazole rings is 1. The zero-order chi connectivity index (χ0) is 18.9. The van der Waals surface area contributed by atoms with Crippen LogP contribution in [0, 0.1) is 0 Å². The molecule has 0 spiro atoms. The summed E-state index contributed by atoms with van der Waals surface area (Å²) >= 11 is 0. The lowest BCUT2D eigenvalue weighted by Gasteiger charge is -2.06. The highest BCUT2D eigenvalue weighted by molar-refractivity contribution is 5.89. The minimum atomic E-state index is -0.427. The first-order valence-electron chi connectivity index (χ1n) is 8.82. The molecule has 0 bridgehead atoms. The van der Waals surface area contributed by atoms with Crippen LogP contribution in [0.4, 0.5) is 0 Å². The molecule has 0 aliphatic rings. The largest absolute Gasteiger partial charge is 0.452 e. The first kappa shape index (κ1) is 16.3. The fourth-order valence-electron chi connectivity index (χ4n) is 3.12. The van der Waals surface area contributed by atoms with Gasteiger partial charge in [0.05, 0.1) is 16.6 Å². The van der Waals surface area contributed by atoms with Gasteiger partial charge in [-0.2, -0.15) is 0 Å². The number of fused-ring (bicyclic) bond motifs is 2. The molecule has 5 aromatic rings. The predicted octanol–water partition coefficient (Wildman–Crippen LogP) is 4.52. The second-order valence-corrected chi connectivity index (χ2v) is 6.30. The summed E-state index contributed by atoms with van der Waals surface area (Å²) in [5.41, 5.74) is 4.72. The van der Waals surface area contributed by atoms with Gasteiger partial charge < -0.3 is 9.15 Å². The van der Waals surface area contributed by atoms with Gasteiger partial charge in [-0.1, -0.05) is 24.3 Å². The second-order valence-electron chi connectivity index (χ2n) is 6.30. The number of para-hydroxylation sites is 4. The van der Waals surface area contributed by atoms with Gasteiger partial charge in [-0.25, -0.2) is 14.8 Å². The smallest absolute Gasteiger partial charge is 0.338 e. The second kappa shape index (κ2) is 6.66. The molecule has 6 nitrogen and oxygen atoms in total. The molecule has 0 N–H and O–H groups in total. The lowest BCUT2D eigenvalue weighted by molar-refractivity contribution is 0.0440. The van der Waals surface area contributed by atoms with Gasteiger partial charge in [0.25, 0.3) is 0 Å². The number of ether oxygens (including phenoxy) is 1. The van der Waals surface area contributed by atoms with E-state index >= 15 is 0 Å². The number of nitrogens with zero attached hydrogens (tertiary/aromatic N) is 3. The van der Waals surface area contributed by atoms with Crippen molar-refractivity contribution in [3.8, 4) is 5.69 Å². The zero-order valence-electron chi connectivity index (χ0n) is 14.8. The summed E-state index contributed by atoms with van der Waals surface area (Å²) in [5.74, 6) is -0.0552. The third kappa shape index (κ3) is 2.91. The molecule has 0 aliphatic carbocycles. The molecule has 0 aliphatic heterocycles. The van der Waals surface area contributed by atoms with Crippen LogP contribution in [-0.2, 0) is 11.3 Å². The van der Waals surface area contributed by atoms with Crippen LogP contribution in [0.3, 0.4) is 0 Å². The molecule has 0 saturated carbocycles. The molecule has 5 rings (SSSR count). The topological polar surface area (TPSA) is 70.2 Å². The highest BCUT2D eigenvalue weighted by atomic mass is 16.5. The Morgan fingerprint density at radius 3 is 2.50 bits per heavy atom. The highest BCUT2D eigenvalue weighted by Crippen LogP contribution is 2.19. The van der Waals surface area contributed by atoms with E-state index in [1.807, 2.05) is 65.2 Å². The van der Waals surface area contributed by atoms with Gasteiger partial charge in [-0.15, -0.1) is 0 Å². The molecule has 2 heterocycles. The van der Waals surface area contributed by atoms with Gasteiger partial charge in [0.15, 0.2) is 12.2 Å². The molecular weight excluding hydrogens is 354 g/mol. The molecular formula is C22H15N3O3. The Hall–Kier alpha value is -3.93. The van der Waals surface area contributed by atoms with E-state index in [1.54, 1.807) is 18.5 Å². The van der Waals surface area contributed by atoms with Crippen molar-refractivity contribution in [1.82, 2.24) is 14.5 Å². The monoisotopic (exact) mass is 369 g/mol. The Labute approximate surface area is 160 Å². The fraction of sp³-hybridized carbons (Fsp3) is 0.0455. The summed E-state index contributed by atoms with van der Waals surface area (Å²) in [6, 6.07) is 22.5. The quantitative estimate of drug-likeness (QED) is 0.436. The number of benzene rings is 3. The number of esters is 1. The molecule has 0 radical (unpaired) electrons. The van der Waals surface area contributed by atoms with Crippen molar-refractivity contribution >= 4 is 28.1 Å². The summed E-state index contributed by atoms with van der Waals surface area (Å²) in [7, 11) is 0. The lowest BCUT2D eigenvalue weighted by atomic mass is 10.2. The Kier molecular flexibility index (Phi) is 3.87. The van der Waals surface area contributed by atoms with Crippen molar-refractivity contribution in [2.24, 2.45) is 0 Å². The van der Waals surface area contributed by atoms with Gasteiger partial charge in [-0.3, -0.25) is 4.57 Å². The number of carbonyl (C=O) groups is 1. The number of aromatic nitrogens is 3. The first-order chi connectivity index (χ1) is 13.8. The Morgan fingerprint density at radius 1 is 0.929 bits per heavy atom. The maximum absolute atomic E-state index is 12.3. The van der Waals surface area contributed by atoms with E-state index < -0.39 is 5.97 Å². The molecule has 28 heavy (non-hydrogen) atoms. The van der Waals surface area contributed by atoms with Crippen molar-refractivity contribution in [3.05, 3.63) is 90.6 Å². The standard InChI is InChI=1S/C22H15N3O3/c26-22(27-13-21-24-18-6-2-4-8-20(18)28-21)15-9-11-16(12-10-15)25-14-23-17-5-1-3-7-19(17)25/h1-12,14H,13H2. The van der Waals surface area contributed by atoms with Crippen LogP contribution < -0.4 is 0 Å². The van der Waals surface area contributed by atoms with Gasteiger partial charge in [0.2, 0.25) is 5.89 Å². The summed E-state index contributed by atoms with van der Waals surface area (Å²) in [6.07, 6.45) is 1.77. The maximum atomic E-state index is 12.3. The van der Waals surface area contributed by atoms with E-state index in [9.17, 15) is 4.79 Å². The fourth-order valence-corrected chi connectivity index (χ4v) is 3.12. The first-order valence-corrected chi connectivity index (χ1v) is 8.82. The maximum Gasteiger partial charge on any atom is 0.338 e. The van der Waals surface area contributed by atoms with Gasteiger partial charge >= 0.3 is 5.97 Å². The van der Waals surface area contributed by atoms with Gasteiger partial charge in [0.1, 0.15) is 11.8 Å². The molecule has 2 aromatic heterocycles. The Bertz CT molecular complexity index is 1250. The molecule has 0 amide bonds. The molecule has 6 heteroatoms. The Balaban J connectivity index is 1.31. The lowest BCUT2D eigenvalue weighted by Crippen LogP contribution is -2.05. The number of rotatable bonds is 4. The molecule has 136 valence electrons. The highest BCUT2D eigenvalue weighted by Gasteiger charge is 2.12. The third-order valence-electron chi connectivity index (χ3n) is 4.50. The van der Waals surface area contributed by atoms with Crippen molar-refractivity contribution in [1.29, 1.82) is 0 Å². The van der Waals surface area contributed by atoms with Crippen LogP contribution in [0.15, 0.2) is 83.5 Å². The molecule has 0 unspecified atom stereocenters. The number of imidazole rings is 1. The van der Waals surface area contributed by atoms with Crippen molar-refractivity contribution in [2.45, 2.75) is 6.61 Å². The van der Waals surface area contributed by atoms with Crippen molar-refractivity contribution in [2.75, 3.05) is 0 Å². The minimum Gasteiger partial charge on any atom is -0.452 e. The van der Waals surface area contributed by atoms with Crippen molar-refractivity contribution < 1.29 is 13.9 Å². The number of carbonyl (C=O) groups excluding carboxylic acids is 1. The molecule has 3 aromatic carbocycles. The summed E-state index contributed by atoms with van der Waals surface area (Å²) in [5, 5.41) is 0. The van der Waals surface area contributed by atoms with E-state index in [-0.39, 0.29) is 6.61 Å². The predicted molar refractivity (Wildman–Crippen MR) is 104 cm³/mol. The Morgan fingerprint density at radius 2 is 1.68 bits per heavy atom. The van der Waals surface area contributed by atoms with Gasteiger partial charge in [-0.05, 0) is 48.5 Å².